The molecule has 0 amide bonds. The summed E-state index contributed by atoms with van der Waals surface area (Å²) in [6, 6.07) is 13.7. The maximum Gasteiger partial charge on any atom is 0.268 e. The van der Waals surface area contributed by atoms with Crippen LogP contribution in [0.25, 0.3) is 28.7 Å². The number of halogens is 1. The van der Waals surface area contributed by atoms with Crippen LogP contribution in [0.15, 0.2) is 58.7 Å². The highest BCUT2D eigenvalue weighted by Gasteiger charge is 2.16. The summed E-state index contributed by atoms with van der Waals surface area (Å²) in [6.45, 7) is 4.38. The summed E-state index contributed by atoms with van der Waals surface area (Å²) in [6.07, 6.45) is 4.98. The van der Waals surface area contributed by atoms with Gasteiger partial charge in [0.1, 0.15) is 27.9 Å². The SMILES string of the molecule is Cc1csc(/C=C/c2c(C)nc(N)nc2NCCCc2nc3cccc(F)c3c(=O)n2-c2ccccc2)n1. The minimum absolute atomic E-state index is 0.0167. The van der Waals surface area contributed by atoms with E-state index in [1.54, 1.807) is 23.5 Å². The second kappa shape index (κ2) is 10.9. The summed E-state index contributed by atoms with van der Waals surface area (Å²) in [5.41, 5.74) is 9.03. The number of hydrogen-bond donors (Lipinski definition) is 2. The molecule has 0 atom stereocenters. The molecule has 10 heteroatoms. The summed E-state index contributed by atoms with van der Waals surface area (Å²) in [5, 5.41) is 6.22. The average molecular weight is 528 g/mol. The highest BCUT2D eigenvalue weighted by atomic mass is 32.1. The van der Waals surface area contributed by atoms with Crippen molar-refractivity contribution in [2.75, 3.05) is 17.6 Å². The van der Waals surface area contributed by atoms with Gasteiger partial charge in [-0.1, -0.05) is 24.3 Å². The van der Waals surface area contributed by atoms with E-state index in [0.29, 0.717) is 42.2 Å². The number of anilines is 2. The number of fused-ring (bicyclic) bond motifs is 1. The zero-order valence-electron chi connectivity index (χ0n) is 21.0. The van der Waals surface area contributed by atoms with E-state index in [4.69, 9.17) is 5.73 Å². The summed E-state index contributed by atoms with van der Waals surface area (Å²) in [7, 11) is 0. The Kier molecular flexibility index (Phi) is 7.23. The Labute approximate surface area is 222 Å². The van der Waals surface area contributed by atoms with Crippen LogP contribution in [0.2, 0.25) is 0 Å². The third kappa shape index (κ3) is 5.30. The topological polar surface area (TPSA) is 112 Å². The Bertz CT molecular complexity index is 1700. The molecule has 0 aliphatic rings. The van der Waals surface area contributed by atoms with Gasteiger partial charge in [-0.2, -0.15) is 4.98 Å². The first kappa shape index (κ1) is 25.2. The molecule has 0 unspecified atom stereocenters. The smallest absolute Gasteiger partial charge is 0.268 e. The van der Waals surface area contributed by atoms with Crippen molar-refractivity contribution in [1.29, 1.82) is 0 Å². The molecule has 0 aliphatic carbocycles. The molecule has 0 saturated heterocycles. The predicted molar refractivity (Wildman–Crippen MR) is 151 cm³/mol. The van der Waals surface area contributed by atoms with Crippen molar-refractivity contribution in [2.24, 2.45) is 0 Å². The van der Waals surface area contributed by atoms with E-state index < -0.39 is 11.4 Å². The van der Waals surface area contributed by atoms with Gasteiger partial charge in [0.05, 0.1) is 16.9 Å². The van der Waals surface area contributed by atoms with Crippen molar-refractivity contribution in [1.82, 2.24) is 24.5 Å². The Morgan fingerprint density at radius 1 is 1.03 bits per heavy atom. The number of nitrogens with two attached hydrogens (primary N) is 1. The van der Waals surface area contributed by atoms with Gasteiger partial charge >= 0.3 is 0 Å². The number of benzene rings is 2. The maximum absolute atomic E-state index is 14.5. The first-order chi connectivity index (χ1) is 18.4. The molecule has 0 spiro atoms. The van der Waals surface area contributed by atoms with Crippen LogP contribution in [0.3, 0.4) is 0 Å². The summed E-state index contributed by atoms with van der Waals surface area (Å²) >= 11 is 1.56. The van der Waals surface area contributed by atoms with Crippen LogP contribution < -0.4 is 16.6 Å². The summed E-state index contributed by atoms with van der Waals surface area (Å²) in [4.78, 5) is 31.2. The monoisotopic (exact) mass is 527 g/mol. The number of thiazole rings is 1. The van der Waals surface area contributed by atoms with Crippen LogP contribution in [0.4, 0.5) is 16.2 Å². The Balaban J connectivity index is 1.39. The predicted octanol–water partition coefficient (Wildman–Crippen LogP) is 5.19. The first-order valence-corrected chi connectivity index (χ1v) is 13.0. The second-order valence-corrected chi connectivity index (χ2v) is 9.65. The normalized spacial score (nSPS) is 11.4. The lowest BCUT2D eigenvalue weighted by Crippen LogP contribution is -2.25. The van der Waals surface area contributed by atoms with Crippen LogP contribution >= 0.6 is 11.3 Å². The molecule has 192 valence electrons. The van der Waals surface area contributed by atoms with E-state index in [2.05, 4.69) is 25.3 Å². The fourth-order valence-corrected chi connectivity index (χ4v) is 4.93. The van der Waals surface area contributed by atoms with E-state index in [1.165, 1.54) is 10.6 Å². The van der Waals surface area contributed by atoms with Gasteiger partial charge in [0.2, 0.25) is 5.95 Å². The highest BCUT2D eigenvalue weighted by molar-refractivity contribution is 7.10. The van der Waals surface area contributed by atoms with Crippen LogP contribution in [0.5, 0.6) is 0 Å². The molecular formula is C28H26FN7OS. The third-order valence-electron chi connectivity index (χ3n) is 5.98. The molecule has 8 nitrogen and oxygen atoms in total. The van der Waals surface area contributed by atoms with Crippen LogP contribution in [-0.2, 0) is 6.42 Å². The standard InChI is InChI=1S/C28H26FN7OS/c1-17-16-38-24(32-17)14-13-20-18(2)33-28(30)35-26(20)31-15-7-12-23-34-22-11-6-10-21(29)25(22)27(37)36(23)19-8-4-3-5-9-19/h3-6,8-11,13-14,16H,7,12,15H2,1-2H3,(H3,30,31,33,35)/b14-13+. The zero-order chi connectivity index (χ0) is 26.6. The molecule has 0 aliphatic heterocycles. The molecule has 0 bridgehead atoms. The summed E-state index contributed by atoms with van der Waals surface area (Å²) in [5.74, 6) is 0.777. The zero-order valence-corrected chi connectivity index (χ0v) is 21.8. The Morgan fingerprint density at radius 3 is 2.61 bits per heavy atom. The minimum Gasteiger partial charge on any atom is -0.369 e. The van der Waals surface area contributed by atoms with E-state index in [0.717, 1.165) is 22.0 Å². The number of aryl methyl sites for hydroxylation is 3. The van der Waals surface area contributed by atoms with Gasteiger partial charge in [-0.15, -0.1) is 11.3 Å². The molecule has 0 fully saturated rings. The van der Waals surface area contributed by atoms with Crippen molar-refractivity contribution >= 4 is 46.2 Å². The van der Waals surface area contributed by atoms with Gasteiger partial charge in [-0.3, -0.25) is 9.36 Å². The molecule has 3 N–H and O–H groups in total. The Hall–Kier alpha value is -4.44. The molecule has 0 radical (unpaired) electrons. The van der Waals surface area contributed by atoms with Crippen molar-refractivity contribution in [3.8, 4) is 5.69 Å². The molecule has 3 aromatic heterocycles. The molecule has 3 heterocycles. The molecule has 38 heavy (non-hydrogen) atoms. The van der Waals surface area contributed by atoms with E-state index in [1.807, 2.05) is 61.7 Å². The number of hydrogen-bond acceptors (Lipinski definition) is 8. The quantitative estimate of drug-likeness (QED) is 0.267. The summed E-state index contributed by atoms with van der Waals surface area (Å²) < 4.78 is 16.0. The molecule has 5 aromatic rings. The van der Waals surface area contributed by atoms with Crippen molar-refractivity contribution < 1.29 is 4.39 Å². The first-order valence-electron chi connectivity index (χ1n) is 12.1. The number of nitrogens with one attached hydrogen (secondary N) is 1. The Morgan fingerprint density at radius 2 is 1.84 bits per heavy atom. The maximum atomic E-state index is 14.5. The lowest BCUT2D eigenvalue weighted by Gasteiger charge is -2.15. The highest BCUT2D eigenvalue weighted by Crippen LogP contribution is 2.22. The number of nitrogens with zero attached hydrogens (tertiary/aromatic N) is 5. The average Bonchev–Trinajstić information content (AvgIpc) is 3.31. The fraction of sp³-hybridized carbons (Fsp3) is 0.179. The van der Waals surface area contributed by atoms with Crippen molar-refractivity contribution in [2.45, 2.75) is 26.7 Å². The van der Waals surface area contributed by atoms with Gasteiger partial charge < -0.3 is 11.1 Å². The van der Waals surface area contributed by atoms with Gasteiger partial charge in [0.25, 0.3) is 5.56 Å². The number of rotatable bonds is 8. The van der Waals surface area contributed by atoms with Crippen LogP contribution in [0, 0.1) is 19.7 Å². The molecule has 0 saturated carbocycles. The van der Waals surface area contributed by atoms with Gasteiger partial charge in [-0.25, -0.2) is 19.3 Å². The lowest BCUT2D eigenvalue weighted by molar-refractivity contribution is 0.636. The van der Waals surface area contributed by atoms with Gasteiger partial charge in [0, 0.05) is 29.6 Å². The minimum atomic E-state index is -0.580. The largest absolute Gasteiger partial charge is 0.369 e. The van der Waals surface area contributed by atoms with E-state index in [-0.39, 0.29) is 11.3 Å². The fourth-order valence-electron chi connectivity index (χ4n) is 4.24. The van der Waals surface area contributed by atoms with E-state index >= 15 is 0 Å². The van der Waals surface area contributed by atoms with Crippen molar-refractivity contribution in [3.63, 3.8) is 0 Å². The lowest BCUT2D eigenvalue weighted by atomic mass is 10.2. The van der Waals surface area contributed by atoms with Crippen LogP contribution in [0.1, 0.15) is 34.2 Å². The third-order valence-corrected chi connectivity index (χ3v) is 6.91. The van der Waals surface area contributed by atoms with Gasteiger partial charge in [0.15, 0.2) is 0 Å². The van der Waals surface area contributed by atoms with Crippen molar-refractivity contribution in [3.05, 3.63) is 97.9 Å². The number of aromatic nitrogens is 5. The molecular weight excluding hydrogens is 501 g/mol. The number of nitrogen functional groups attached to an aromatic ring is 1. The number of para-hydroxylation sites is 1. The molecule has 5 rings (SSSR count). The van der Waals surface area contributed by atoms with E-state index in [9.17, 15) is 9.18 Å². The van der Waals surface area contributed by atoms with Crippen LogP contribution in [-0.4, -0.2) is 31.0 Å². The van der Waals surface area contributed by atoms with Gasteiger partial charge in [-0.05, 0) is 56.7 Å². The second-order valence-electron chi connectivity index (χ2n) is 8.76. The molecule has 2 aromatic carbocycles.